The van der Waals surface area contributed by atoms with Gasteiger partial charge in [-0.2, -0.15) is 0 Å². The van der Waals surface area contributed by atoms with E-state index < -0.39 is 82.7 Å². The van der Waals surface area contributed by atoms with Crippen LogP contribution in [0.3, 0.4) is 0 Å². The topological polar surface area (TPSA) is 172 Å². The van der Waals surface area contributed by atoms with Crippen molar-refractivity contribution in [1.29, 1.82) is 0 Å². The van der Waals surface area contributed by atoms with Crippen molar-refractivity contribution in [3.63, 3.8) is 0 Å². The molecule has 37 heavy (non-hydrogen) atoms. The standard InChI is InChI=1S/C27H30O10/c1-13(29)10-20(31)27(36)16(4-7-28)11-15-12-18-17(24(33)23(32)14-5-8-37-9-6-14)2-3-19(30)22(18)25(34)21(15)26(27)35/h2-3,14-16,21,28,30,36H,4-12H2,1H3. The summed E-state index contributed by atoms with van der Waals surface area (Å²) in [5.41, 5.74) is -2.77. The van der Waals surface area contributed by atoms with Crippen LogP contribution >= 0.6 is 0 Å². The first-order chi connectivity index (χ1) is 17.5. The molecular weight excluding hydrogens is 484 g/mol. The molecule has 0 amide bonds. The molecule has 2 aliphatic carbocycles. The summed E-state index contributed by atoms with van der Waals surface area (Å²) in [6.07, 6.45) is -0.0570. The van der Waals surface area contributed by atoms with Gasteiger partial charge in [-0.25, -0.2) is 0 Å². The maximum Gasteiger partial charge on any atom is 0.229 e. The second kappa shape index (κ2) is 10.4. The van der Waals surface area contributed by atoms with E-state index in [9.17, 15) is 44.1 Å². The Morgan fingerprint density at radius 3 is 2.41 bits per heavy atom. The van der Waals surface area contributed by atoms with Crippen molar-refractivity contribution in [1.82, 2.24) is 0 Å². The van der Waals surface area contributed by atoms with E-state index in [4.69, 9.17) is 4.74 Å². The zero-order valence-electron chi connectivity index (χ0n) is 20.5. The van der Waals surface area contributed by atoms with Crippen molar-refractivity contribution in [2.24, 2.45) is 23.7 Å². The molecule has 4 unspecified atom stereocenters. The predicted octanol–water partition coefficient (Wildman–Crippen LogP) is 0.792. The van der Waals surface area contributed by atoms with E-state index in [-0.39, 0.29) is 36.0 Å². The van der Waals surface area contributed by atoms with E-state index in [1.807, 2.05) is 0 Å². The Morgan fingerprint density at radius 1 is 1.11 bits per heavy atom. The summed E-state index contributed by atoms with van der Waals surface area (Å²) in [6.45, 7) is 1.41. The average Bonchev–Trinajstić information content (AvgIpc) is 2.86. The van der Waals surface area contributed by atoms with Crippen LogP contribution < -0.4 is 0 Å². The summed E-state index contributed by atoms with van der Waals surface area (Å²) in [5.74, 6) is -9.15. The molecule has 3 N–H and O–H groups in total. The molecule has 4 atom stereocenters. The average molecular weight is 515 g/mol. The minimum absolute atomic E-state index is 0.0144. The lowest BCUT2D eigenvalue weighted by atomic mass is 9.57. The van der Waals surface area contributed by atoms with Crippen LogP contribution in [0.15, 0.2) is 12.1 Å². The Labute approximate surface area is 213 Å². The number of fused-ring (bicyclic) bond motifs is 2. The normalized spacial score (nSPS) is 27.8. The molecule has 0 spiro atoms. The smallest absolute Gasteiger partial charge is 0.229 e. The number of phenolic OH excluding ortho intramolecular Hbond substituents is 1. The van der Waals surface area contributed by atoms with Gasteiger partial charge in [0.2, 0.25) is 11.6 Å². The first-order valence-electron chi connectivity index (χ1n) is 12.5. The quantitative estimate of drug-likeness (QED) is 0.256. The number of Topliss-reactive ketones (excluding diaryl/α,β-unsaturated/α-hetero) is 6. The highest BCUT2D eigenvalue weighted by Gasteiger charge is 2.60. The monoisotopic (exact) mass is 514 g/mol. The van der Waals surface area contributed by atoms with Crippen molar-refractivity contribution in [2.45, 2.75) is 51.0 Å². The lowest BCUT2D eigenvalue weighted by Crippen LogP contribution is -2.62. The number of rotatable bonds is 8. The van der Waals surface area contributed by atoms with Crippen LogP contribution in [0.25, 0.3) is 0 Å². The molecule has 0 bridgehead atoms. The third kappa shape index (κ3) is 4.58. The summed E-state index contributed by atoms with van der Waals surface area (Å²) in [5, 5.41) is 31.4. The van der Waals surface area contributed by atoms with E-state index in [0.29, 0.717) is 26.1 Å². The minimum Gasteiger partial charge on any atom is -0.507 e. The number of ketones is 6. The molecule has 1 heterocycles. The summed E-state index contributed by atoms with van der Waals surface area (Å²) in [7, 11) is 0. The summed E-state index contributed by atoms with van der Waals surface area (Å²) in [6, 6.07) is 2.42. The van der Waals surface area contributed by atoms with Gasteiger partial charge < -0.3 is 20.1 Å². The highest BCUT2D eigenvalue weighted by molar-refractivity contribution is 6.45. The molecule has 2 fully saturated rings. The summed E-state index contributed by atoms with van der Waals surface area (Å²) in [4.78, 5) is 77.7. The van der Waals surface area contributed by atoms with Gasteiger partial charge in [0, 0.05) is 37.2 Å². The number of phenols is 1. The second-order valence-electron chi connectivity index (χ2n) is 10.2. The molecule has 1 saturated carbocycles. The first kappa shape index (κ1) is 27.0. The number of ether oxygens (including phenoxy) is 1. The fourth-order valence-corrected chi connectivity index (χ4v) is 6.10. The molecule has 0 aromatic heterocycles. The number of aliphatic hydroxyl groups is 2. The predicted molar refractivity (Wildman–Crippen MR) is 126 cm³/mol. The van der Waals surface area contributed by atoms with Crippen LogP contribution in [0.4, 0.5) is 0 Å². The number of carbonyl (C=O) groups is 6. The van der Waals surface area contributed by atoms with Crippen LogP contribution in [0, 0.1) is 23.7 Å². The molecule has 1 saturated heterocycles. The van der Waals surface area contributed by atoms with Crippen molar-refractivity contribution < 1.29 is 48.8 Å². The molecule has 1 aromatic rings. The van der Waals surface area contributed by atoms with Crippen LogP contribution in [-0.2, 0) is 30.3 Å². The fraction of sp³-hybridized carbons (Fsp3) is 0.556. The van der Waals surface area contributed by atoms with Gasteiger partial charge in [-0.05, 0) is 62.6 Å². The van der Waals surface area contributed by atoms with E-state index in [1.165, 1.54) is 6.07 Å². The van der Waals surface area contributed by atoms with Gasteiger partial charge >= 0.3 is 0 Å². The molecule has 10 heteroatoms. The van der Waals surface area contributed by atoms with Crippen LogP contribution in [0.5, 0.6) is 5.75 Å². The Bertz CT molecular complexity index is 1180. The second-order valence-corrected chi connectivity index (χ2v) is 10.2. The van der Waals surface area contributed by atoms with E-state index in [0.717, 1.165) is 13.0 Å². The molecule has 0 radical (unpaired) electrons. The van der Waals surface area contributed by atoms with Crippen molar-refractivity contribution in [3.05, 3.63) is 28.8 Å². The van der Waals surface area contributed by atoms with Gasteiger partial charge in [-0.1, -0.05) is 0 Å². The zero-order valence-corrected chi connectivity index (χ0v) is 20.5. The van der Waals surface area contributed by atoms with Gasteiger partial charge in [0.25, 0.3) is 0 Å². The Morgan fingerprint density at radius 2 is 1.78 bits per heavy atom. The van der Waals surface area contributed by atoms with Gasteiger partial charge in [-0.15, -0.1) is 0 Å². The molecular formula is C27H30O10. The third-order valence-corrected chi connectivity index (χ3v) is 7.97. The molecule has 10 nitrogen and oxygen atoms in total. The highest BCUT2D eigenvalue weighted by Crippen LogP contribution is 2.48. The van der Waals surface area contributed by atoms with Crippen LogP contribution in [0.2, 0.25) is 0 Å². The number of carbonyl (C=O) groups excluding carboxylic acids is 6. The Hall–Kier alpha value is -3.08. The summed E-state index contributed by atoms with van der Waals surface area (Å²) < 4.78 is 5.26. The van der Waals surface area contributed by atoms with E-state index in [2.05, 4.69) is 0 Å². The van der Waals surface area contributed by atoms with Gasteiger partial charge in [0.15, 0.2) is 23.0 Å². The maximum atomic E-state index is 13.6. The number of aromatic hydroxyl groups is 1. The molecule has 198 valence electrons. The molecule has 1 aliphatic heterocycles. The van der Waals surface area contributed by atoms with Crippen molar-refractivity contribution in [3.8, 4) is 5.75 Å². The Balaban J connectivity index is 1.74. The van der Waals surface area contributed by atoms with E-state index >= 15 is 0 Å². The fourth-order valence-electron chi connectivity index (χ4n) is 6.10. The van der Waals surface area contributed by atoms with Crippen LogP contribution in [0.1, 0.15) is 65.3 Å². The number of benzene rings is 1. The third-order valence-electron chi connectivity index (χ3n) is 7.97. The molecule has 4 rings (SSSR count). The lowest BCUT2D eigenvalue weighted by Gasteiger charge is -2.46. The van der Waals surface area contributed by atoms with Gasteiger partial charge in [-0.3, -0.25) is 28.8 Å². The molecule has 1 aromatic carbocycles. The number of hydrogen-bond donors (Lipinski definition) is 3. The lowest BCUT2D eigenvalue weighted by molar-refractivity contribution is -0.167. The largest absolute Gasteiger partial charge is 0.507 e. The zero-order chi connectivity index (χ0) is 27.1. The Kier molecular flexibility index (Phi) is 7.55. The number of aliphatic hydroxyl groups excluding tert-OH is 1. The van der Waals surface area contributed by atoms with E-state index in [1.54, 1.807) is 0 Å². The maximum absolute atomic E-state index is 13.6. The van der Waals surface area contributed by atoms with Gasteiger partial charge in [0.05, 0.1) is 17.9 Å². The number of hydrogen-bond acceptors (Lipinski definition) is 10. The highest BCUT2D eigenvalue weighted by atomic mass is 16.5. The van der Waals surface area contributed by atoms with Crippen molar-refractivity contribution >= 4 is 34.7 Å². The first-order valence-corrected chi connectivity index (χ1v) is 12.5. The summed E-state index contributed by atoms with van der Waals surface area (Å²) >= 11 is 0. The van der Waals surface area contributed by atoms with Crippen molar-refractivity contribution in [2.75, 3.05) is 19.8 Å². The van der Waals surface area contributed by atoms with Gasteiger partial charge in [0.1, 0.15) is 11.5 Å². The van der Waals surface area contributed by atoms with Crippen LogP contribution in [-0.4, -0.2) is 75.4 Å². The minimum atomic E-state index is -2.63. The SMILES string of the molecule is CC(=O)CC(=O)C1(O)C(=O)C2C(=O)c3c(O)ccc(C(=O)C(=O)C4CCOCC4)c3CC2CC1CCO. The molecule has 3 aliphatic rings.